The molecule has 0 aromatic carbocycles. The van der Waals surface area contributed by atoms with E-state index in [0.717, 1.165) is 41.6 Å². The van der Waals surface area contributed by atoms with Gasteiger partial charge in [0, 0.05) is 19.5 Å². The zero-order valence-electron chi connectivity index (χ0n) is 11.9. The number of hydrogen-bond acceptors (Lipinski definition) is 3. The molecule has 1 aliphatic rings. The van der Waals surface area contributed by atoms with E-state index in [0.29, 0.717) is 6.42 Å². The van der Waals surface area contributed by atoms with Gasteiger partial charge in [0.25, 0.3) is 5.91 Å². The summed E-state index contributed by atoms with van der Waals surface area (Å²) in [5.74, 6) is 6.72. The maximum absolute atomic E-state index is 12.5. The van der Waals surface area contributed by atoms with E-state index < -0.39 is 0 Å². The Morgan fingerprint density at radius 3 is 3.10 bits per heavy atom. The molecule has 0 aliphatic carbocycles. The molecule has 2 rings (SSSR count). The third-order valence-corrected chi connectivity index (χ3v) is 4.56. The predicted molar refractivity (Wildman–Crippen MR) is 81.8 cm³/mol. The summed E-state index contributed by atoms with van der Waals surface area (Å²) >= 11 is 1.45. The predicted octanol–water partition coefficient (Wildman–Crippen LogP) is 2.74. The van der Waals surface area contributed by atoms with Crippen LogP contribution in [-0.2, 0) is 0 Å². The molecule has 2 heterocycles. The number of aliphatic hydroxyl groups is 1. The van der Waals surface area contributed by atoms with Gasteiger partial charge in [0.2, 0.25) is 0 Å². The Balaban J connectivity index is 2.00. The Bertz CT molecular complexity index is 512. The van der Waals surface area contributed by atoms with Crippen molar-refractivity contribution in [1.82, 2.24) is 4.90 Å². The van der Waals surface area contributed by atoms with Crippen LogP contribution in [0.5, 0.6) is 0 Å². The minimum atomic E-state index is 0.0795. The molecule has 1 aromatic rings. The highest BCUT2D eigenvalue weighted by atomic mass is 32.1. The summed E-state index contributed by atoms with van der Waals surface area (Å²) in [6.07, 6.45) is 3.89. The lowest BCUT2D eigenvalue weighted by Gasteiger charge is -2.19. The fraction of sp³-hybridized carbons (Fsp3) is 0.562. The van der Waals surface area contributed by atoms with Crippen molar-refractivity contribution in [2.75, 3.05) is 19.7 Å². The third kappa shape index (κ3) is 4.09. The van der Waals surface area contributed by atoms with Crippen molar-refractivity contribution in [3.63, 3.8) is 0 Å². The van der Waals surface area contributed by atoms with Crippen LogP contribution in [0, 0.1) is 17.8 Å². The van der Waals surface area contributed by atoms with Crippen LogP contribution in [0.25, 0.3) is 0 Å². The first-order valence-corrected chi connectivity index (χ1v) is 8.01. The zero-order chi connectivity index (χ0) is 14.4. The first-order chi connectivity index (χ1) is 9.70. The fourth-order valence-corrected chi connectivity index (χ4v) is 3.20. The highest BCUT2D eigenvalue weighted by molar-refractivity contribution is 7.14. The molecule has 1 aliphatic heterocycles. The third-order valence-electron chi connectivity index (χ3n) is 3.57. The molecule has 0 saturated carbocycles. The molecular formula is C16H21NO2S. The van der Waals surface area contributed by atoms with Crippen LogP contribution < -0.4 is 0 Å². The van der Waals surface area contributed by atoms with Gasteiger partial charge in [-0.15, -0.1) is 11.3 Å². The summed E-state index contributed by atoms with van der Waals surface area (Å²) in [4.78, 5) is 16.1. The van der Waals surface area contributed by atoms with Crippen LogP contribution in [-0.4, -0.2) is 35.6 Å². The van der Waals surface area contributed by atoms with Crippen molar-refractivity contribution in [3.8, 4) is 11.8 Å². The van der Waals surface area contributed by atoms with Crippen molar-refractivity contribution >= 4 is 17.2 Å². The minimum absolute atomic E-state index is 0.0795. The molecule has 1 N–H and O–H groups in total. The highest BCUT2D eigenvalue weighted by Crippen LogP contribution is 2.21. The standard InChI is InChI=1S/C16H21NO2S/c1-13-5-4-10-17(11-9-13)16(19)15-8-7-14(20-15)6-2-3-12-18/h7-8,13,18H,3-5,9-12H2,1H3. The van der Waals surface area contributed by atoms with Crippen LogP contribution in [0.2, 0.25) is 0 Å². The van der Waals surface area contributed by atoms with E-state index in [1.807, 2.05) is 17.0 Å². The van der Waals surface area contributed by atoms with Gasteiger partial charge in [0.05, 0.1) is 16.4 Å². The lowest BCUT2D eigenvalue weighted by Crippen LogP contribution is -2.31. The number of amides is 1. The van der Waals surface area contributed by atoms with Crippen molar-refractivity contribution < 1.29 is 9.90 Å². The molecule has 108 valence electrons. The molecule has 1 unspecified atom stereocenters. The smallest absolute Gasteiger partial charge is 0.263 e. The van der Waals surface area contributed by atoms with Crippen molar-refractivity contribution in [3.05, 3.63) is 21.9 Å². The van der Waals surface area contributed by atoms with Gasteiger partial charge >= 0.3 is 0 Å². The van der Waals surface area contributed by atoms with E-state index in [1.165, 1.54) is 17.8 Å². The summed E-state index contributed by atoms with van der Waals surface area (Å²) in [5.41, 5.74) is 0. The molecule has 0 spiro atoms. The SMILES string of the molecule is CC1CCCN(C(=O)c2ccc(C#CCCO)s2)CC1. The van der Waals surface area contributed by atoms with Gasteiger partial charge in [-0.25, -0.2) is 0 Å². The van der Waals surface area contributed by atoms with E-state index in [1.54, 1.807) is 0 Å². The van der Waals surface area contributed by atoms with E-state index in [2.05, 4.69) is 18.8 Å². The normalized spacial score (nSPS) is 19.1. The van der Waals surface area contributed by atoms with Gasteiger partial charge in [-0.1, -0.05) is 18.8 Å². The van der Waals surface area contributed by atoms with Gasteiger partial charge in [-0.3, -0.25) is 4.79 Å². The summed E-state index contributed by atoms with van der Waals surface area (Å²) in [6.45, 7) is 4.07. The van der Waals surface area contributed by atoms with Gasteiger partial charge in [-0.2, -0.15) is 0 Å². The van der Waals surface area contributed by atoms with Gasteiger partial charge in [0.15, 0.2) is 0 Å². The highest BCUT2D eigenvalue weighted by Gasteiger charge is 2.20. The van der Waals surface area contributed by atoms with Crippen molar-refractivity contribution in [2.24, 2.45) is 5.92 Å². The molecule has 1 aromatic heterocycles. The average Bonchev–Trinajstić information content (AvgIpc) is 2.80. The molecular weight excluding hydrogens is 270 g/mol. The summed E-state index contributed by atoms with van der Waals surface area (Å²) in [6, 6.07) is 3.76. The molecule has 1 fully saturated rings. The van der Waals surface area contributed by atoms with Crippen molar-refractivity contribution in [2.45, 2.75) is 32.6 Å². The number of carbonyl (C=O) groups excluding carboxylic acids is 1. The van der Waals surface area contributed by atoms with Gasteiger partial charge in [-0.05, 0) is 37.3 Å². The first kappa shape index (κ1) is 15.1. The van der Waals surface area contributed by atoms with Crippen molar-refractivity contribution in [1.29, 1.82) is 0 Å². The molecule has 1 amide bonds. The Labute approximate surface area is 124 Å². The van der Waals surface area contributed by atoms with Crippen LogP contribution in [0.15, 0.2) is 12.1 Å². The summed E-state index contributed by atoms with van der Waals surface area (Å²) in [7, 11) is 0. The number of nitrogens with zero attached hydrogens (tertiary/aromatic N) is 1. The Hall–Kier alpha value is -1.31. The number of rotatable bonds is 2. The molecule has 20 heavy (non-hydrogen) atoms. The Morgan fingerprint density at radius 2 is 2.30 bits per heavy atom. The second kappa shape index (κ2) is 7.47. The Morgan fingerprint density at radius 1 is 1.45 bits per heavy atom. The number of carbonyl (C=O) groups is 1. The number of likely N-dealkylation sites (tertiary alicyclic amines) is 1. The van der Waals surface area contributed by atoms with E-state index in [-0.39, 0.29) is 12.5 Å². The van der Waals surface area contributed by atoms with E-state index in [9.17, 15) is 4.79 Å². The van der Waals surface area contributed by atoms with Gasteiger partial charge in [0.1, 0.15) is 0 Å². The second-order valence-electron chi connectivity index (χ2n) is 5.27. The van der Waals surface area contributed by atoms with Gasteiger partial charge < -0.3 is 10.0 Å². The number of thiophene rings is 1. The molecule has 1 atom stereocenters. The molecule has 0 radical (unpaired) electrons. The van der Waals surface area contributed by atoms with Crippen LogP contribution >= 0.6 is 11.3 Å². The largest absolute Gasteiger partial charge is 0.395 e. The summed E-state index contributed by atoms with van der Waals surface area (Å²) < 4.78 is 0. The Kier molecular flexibility index (Phi) is 5.63. The van der Waals surface area contributed by atoms with E-state index >= 15 is 0 Å². The maximum atomic E-state index is 12.5. The first-order valence-electron chi connectivity index (χ1n) is 7.19. The maximum Gasteiger partial charge on any atom is 0.263 e. The number of hydrogen-bond donors (Lipinski definition) is 1. The van der Waals surface area contributed by atoms with Crippen LogP contribution in [0.3, 0.4) is 0 Å². The lowest BCUT2D eigenvalue weighted by molar-refractivity contribution is 0.0765. The summed E-state index contributed by atoms with van der Waals surface area (Å²) in [5, 5.41) is 8.70. The lowest BCUT2D eigenvalue weighted by atomic mass is 10.0. The second-order valence-corrected chi connectivity index (χ2v) is 6.35. The molecule has 4 heteroatoms. The number of aliphatic hydroxyl groups excluding tert-OH is 1. The molecule has 3 nitrogen and oxygen atoms in total. The van der Waals surface area contributed by atoms with Crippen LogP contribution in [0.1, 0.15) is 47.2 Å². The topological polar surface area (TPSA) is 40.5 Å². The molecule has 1 saturated heterocycles. The minimum Gasteiger partial charge on any atom is -0.395 e. The average molecular weight is 291 g/mol. The van der Waals surface area contributed by atoms with E-state index in [4.69, 9.17) is 5.11 Å². The quantitative estimate of drug-likeness (QED) is 0.851. The van der Waals surface area contributed by atoms with Crippen LogP contribution in [0.4, 0.5) is 0 Å². The fourth-order valence-electron chi connectivity index (χ4n) is 2.35. The zero-order valence-corrected chi connectivity index (χ0v) is 12.7. The molecule has 0 bridgehead atoms. The monoisotopic (exact) mass is 291 g/mol.